The fourth-order valence-electron chi connectivity index (χ4n) is 1.47. The maximum absolute atomic E-state index is 11.5. The number of aromatic nitrogens is 2. The first-order valence-corrected chi connectivity index (χ1v) is 6.81. The maximum Gasteiger partial charge on any atom is 0.514 e. The Labute approximate surface area is 141 Å². The number of hydrogen-bond donors (Lipinski definition) is 0. The molecule has 23 heavy (non-hydrogen) atoms. The molecule has 12 heteroatoms. The van der Waals surface area contributed by atoms with Crippen molar-refractivity contribution in [3.63, 3.8) is 0 Å². The van der Waals surface area contributed by atoms with E-state index in [1.54, 1.807) is 22.9 Å². The summed E-state index contributed by atoms with van der Waals surface area (Å²) < 4.78 is 10.8. The Bertz CT molecular complexity index is 758. The number of carbonyl (C=O) groups excluding carboxylic acids is 1. The molecule has 0 aliphatic carbocycles. The molecule has 0 spiro atoms. The Morgan fingerprint density at radius 1 is 1.22 bits per heavy atom. The summed E-state index contributed by atoms with van der Waals surface area (Å²) in [7, 11) is 0. The maximum atomic E-state index is 11.5. The molecule has 120 valence electrons. The molecular weight excluding hydrogens is 427 g/mol. The molecule has 2 aromatic rings. The second-order valence-corrected chi connectivity index (χ2v) is 4.94. The molecule has 2 rings (SSSR count). The number of non-ortho nitro benzene ring substituents is 1. The van der Waals surface area contributed by atoms with Gasteiger partial charge < -0.3 is 19.6 Å². The predicted molar refractivity (Wildman–Crippen MR) is 82.2 cm³/mol. The highest BCUT2D eigenvalue weighted by Crippen LogP contribution is 2.19. The average molecular weight is 434 g/mol. The summed E-state index contributed by atoms with van der Waals surface area (Å²) in [4.78, 5) is 34.9. The van der Waals surface area contributed by atoms with Crippen LogP contribution in [0.1, 0.15) is 5.69 Å². The van der Waals surface area contributed by atoms with E-state index in [-0.39, 0.29) is 23.7 Å². The Morgan fingerprint density at radius 2 is 1.87 bits per heavy atom. The predicted octanol–water partition coefficient (Wildman–Crippen LogP) is 2.61. The van der Waals surface area contributed by atoms with Gasteiger partial charge in [-0.3, -0.25) is 10.1 Å². The third-order valence-electron chi connectivity index (χ3n) is 2.51. The van der Waals surface area contributed by atoms with Crippen molar-refractivity contribution >= 4 is 40.7 Å². The van der Waals surface area contributed by atoms with Gasteiger partial charge in [0.1, 0.15) is 11.9 Å². The molecule has 0 aliphatic heterocycles. The van der Waals surface area contributed by atoms with Crippen molar-refractivity contribution in [3.05, 3.63) is 56.4 Å². The van der Waals surface area contributed by atoms with Crippen LogP contribution in [0, 0.1) is 20.2 Å². The van der Waals surface area contributed by atoms with Crippen LogP contribution in [0.15, 0.2) is 30.5 Å². The highest BCUT2D eigenvalue weighted by Gasteiger charge is 2.20. The Balaban J connectivity index is 1.92. The highest BCUT2D eigenvalue weighted by molar-refractivity contribution is 14.1. The van der Waals surface area contributed by atoms with Gasteiger partial charge in [0.2, 0.25) is 0 Å². The number of ether oxygens (including phenoxy) is 2. The van der Waals surface area contributed by atoms with Crippen LogP contribution in [0.4, 0.5) is 16.4 Å². The van der Waals surface area contributed by atoms with Crippen molar-refractivity contribution in [3.8, 4) is 5.75 Å². The van der Waals surface area contributed by atoms with Gasteiger partial charge in [-0.1, -0.05) is 4.98 Å². The SMILES string of the molecule is O=C(OCc1cnc([N+](=O)[O-])n1I)Oc1ccc([N+](=O)[O-])cc1. The monoisotopic (exact) mass is 434 g/mol. The Hall–Kier alpha value is -2.77. The summed E-state index contributed by atoms with van der Waals surface area (Å²) >= 11 is 1.65. The molecule has 0 N–H and O–H groups in total. The standard InChI is InChI=1S/C11H7IN4O7/c12-14-8(5-13-10(14)16(20)21)6-22-11(17)23-9-3-1-7(2-4-9)15(18)19/h1-5H,6H2. The number of benzene rings is 1. The smallest absolute Gasteiger partial charge is 0.426 e. The van der Waals surface area contributed by atoms with E-state index in [9.17, 15) is 25.0 Å². The molecule has 1 aromatic heterocycles. The van der Waals surface area contributed by atoms with E-state index < -0.39 is 22.0 Å². The highest BCUT2D eigenvalue weighted by atomic mass is 127. The van der Waals surface area contributed by atoms with Crippen LogP contribution in [-0.4, -0.2) is 23.8 Å². The molecule has 0 radical (unpaired) electrons. The van der Waals surface area contributed by atoms with Crippen molar-refractivity contribution in [2.75, 3.05) is 0 Å². The molecule has 1 aromatic carbocycles. The normalized spacial score (nSPS) is 10.1. The largest absolute Gasteiger partial charge is 0.514 e. The van der Waals surface area contributed by atoms with E-state index in [1.165, 1.54) is 30.5 Å². The summed E-state index contributed by atoms with van der Waals surface area (Å²) in [6.07, 6.45) is 0.142. The number of rotatable bonds is 5. The molecule has 0 unspecified atom stereocenters. The minimum absolute atomic E-state index is 0.0644. The molecule has 0 saturated heterocycles. The number of nitro benzene ring substituents is 1. The minimum atomic E-state index is -1.06. The van der Waals surface area contributed by atoms with Crippen molar-refractivity contribution in [2.24, 2.45) is 0 Å². The van der Waals surface area contributed by atoms with Crippen molar-refractivity contribution in [1.82, 2.24) is 7.76 Å². The van der Waals surface area contributed by atoms with E-state index >= 15 is 0 Å². The van der Waals surface area contributed by atoms with Crippen LogP contribution >= 0.6 is 22.9 Å². The van der Waals surface area contributed by atoms with Crippen LogP contribution < -0.4 is 4.74 Å². The van der Waals surface area contributed by atoms with E-state index in [4.69, 9.17) is 9.47 Å². The van der Waals surface area contributed by atoms with Gasteiger partial charge in [-0.25, -0.2) is 4.79 Å². The summed E-state index contributed by atoms with van der Waals surface area (Å²) in [6, 6.07) is 4.83. The average Bonchev–Trinajstić information content (AvgIpc) is 2.87. The van der Waals surface area contributed by atoms with Gasteiger partial charge >= 0.3 is 12.1 Å². The van der Waals surface area contributed by atoms with Gasteiger partial charge in [0.05, 0.1) is 4.92 Å². The molecule has 0 aliphatic rings. The van der Waals surface area contributed by atoms with Gasteiger partial charge in [0.25, 0.3) is 5.69 Å². The number of carbonyl (C=O) groups is 1. The molecule has 0 fully saturated rings. The second kappa shape index (κ2) is 6.99. The number of nitro groups is 2. The number of nitrogens with zero attached hydrogens (tertiary/aromatic N) is 4. The first-order valence-electron chi connectivity index (χ1n) is 5.84. The minimum Gasteiger partial charge on any atom is -0.426 e. The first kappa shape index (κ1) is 16.6. The van der Waals surface area contributed by atoms with Gasteiger partial charge in [-0.2, -0.15) is 2.78 Å². The van der Waals surface area contributed by atoms with E-state index in [2.05, 4.69) is 4.98 Å². The molecule has 11 nitrogen and oxygen atoms in total. The van der Waals surface area contributed by atoms with E-state index in [0.29, 0.717) is 0 Å². The van der Waals surface area contributed by atoms with E-state index in [1.807, 2.05) is 0 Å². The molecule has 0 atom stereocenters. The lowest BCUT2D eigenvalue weighted by Crippen LogP contribution is -2.11. The molecule has 0 amide bonds. The molecule has 0 saturated carbocycles. The fourth-order valence-corrected chi connectivity index (χ4v) is 2.03. The van der Waals surface area contributed by atoms with Crippen LogP contribution in [0.3, 0.4) is 0 Å². The Morgan fingerprint density at radius 3 is 2.39 bits per heavy atom. The zero-order chi connectivity index (χ0) is 17.0. The van der Waals surface area contributed by atoms with Crippen molar-refractivity contribution in [2.45, 2.75) is 6.61 Å². The fraction of sp³-hybridized carbons (Fsp3) is 0.0909. The van der Waals surface area contributed by atoms with Crippen LogP contribution in [0.5, 0.6) is 5.75 Å². The van der Waals surface area contributed by atoms with Crippen LogP contribution in [0.25, 0.3) is 0 Å². The summed E-state index contributed by atoms with van der Waals surface area (Å²) in [5.41, 5.74) is 0.143. The molecular formula is C11H7IN4O7. The number of halogens is 1. The van der Waals surface area contributed by atoms with Gasteiger partial charge in [-0.15, -0.1) is 0 Å². The topological polar surface area (TPSA) is 140 Å². The summed E-state index contributed by atoms with van der Waals surface area (Å²) in [6.45, 7) is -0.282. The summed E-state index contributed by atoms with van der Waals surface area (Å²) in [5.74, 6) is -0.331. The lowest BCUT2D eigenvalue weighted by atomic mass is 10.3. The third kappa shape index (κ3) is 4.12. The van der Waals surface area contributed by atoms with Gasteiger partial charge in [0, 0.05) is 12.1 Å². The summed E-state index contributed by atoms with van der Waals surface area (Å²) in [5, 5.41) is 21.1. The quantitative estimate of drug-likeness (QED) is 0.230. The van der Waals surface area contributed by atoms with Crippen LogP contribution in [-0.2, 0) is 11.3 Å². The zero-order valence-electron chi connectivity index (χ0n) is 11.1. The second-order valence-electron chi connectivity index (χ2n) is 3.98. The lowest BCUT2D eigenvalue weighted by molar-refractivity contribution is -0.394. The first-order chi connectivity index (χ1) is 10.9. The van der Waals surface area contributed by atoms with Crippen molar-refractivity contribution < 1.29 is 24.1 Å². The zero-order valence-corrected chi connectivity index (χ0v) is 13.3. The molecule has 1 heterocycles. The molecule has 0 bridgehead atoms. The number of imidazole rings is 1. The van der Waals surface area contributed by atoms with Gasteiger partial charge in [0.15, 0.2) is 35.2 Å². The number of hydrogen-bond acceptors (Lipinski definition) is 8. The lowest BCUT2D eigenvalue weighted by Gasteiger charge is -2.04. The third-order valence-corrected chi connectivity index (χ3v) is 3.56. The van der Waals surface area contributed by atoms with Gasteiger partial charge in [-0.05, 0) is 17.1 Å². The van der Waals surface area contributed by atoms with E-state index in [0.717, 1.165) is 2.78 Å². The van der Waals surface area contributed by atoms with Crippen molar-refractivity contribution in [1.29, 1.82) is 0 Å². The Kier molecular flexibility index (Phi) is 5.05. The van der Waals surface area contributed by atoms with Crippen LogP contribution in [0.2, 0.25) is 0 Å².